The monoisotopic (exact) mass is 414 g/mol. The lowest BCUT2D eigenvalue weighted by Gasteiger charge is -2.35. The zero-order chi connectivity index (χ0) is 21.6. The Morgan fingerprint density at radius 2 is 2.07 bits per heavy atom. The van der Waals surface area contributed by atoms with Gasteiger partial charge in [0, 0.05) is 58.9 Å². The molecule has 1 fully saturated rings. The highest BCUT2D eigenvalue weighted by molar-refractivity contribution is 5.81. The predicted molar refractivity (Wildman–Crippen MR) is 125 cm³/mol. The zero-order valence-corrected chi connectivity index (χ0v) is 18.7. The Morgan fingerprint density at radius 1 is 1.27 bits per heavy atom. The Hall–Kier alpha value is -2.57. The summed E-state index contributed by atoms with van der Waals surface area (Å²) in [6.45, 7) is 11.3. The van der Waals surface area contributed by atoms with Crippen molar-refractivity contribution < 1.29 is 4.79 Å². The Labute approximate surface area is 181 Å². The summed E-state index contributed by atoms with van der Waals surface area (Å²) in [7, 11) is 2.06. The van der Waals surface area contributed by atoms with Gasteiger partial charge in [-0.1, -0.05) is 18.6 Å². The van der Waals surface area contributed by atoms with Crippen LogP contribution in [0.15, 0.2) is 42.0 Å². The van der Waals surface area contributed by atoms with Crippen LogP contribution in [0.5, 0.6) is 0 Å². The van der Waals surface area contributed by atoms with E-state index in [0.29, 0.717) is 13.0 Å². The Balaban J connectivity index is 1.73. The molecule has 2 heterocycles. The van der Waals surface area contributed by atoms with Gasteiger partial charge in [0.2, 0.25) is 5.91 Å². The number of rotatable bonds is 11. The molecule has 0 unspecified atom stereocenters. The van der Waals surface area contributed by atoms with E-state index in [1.165, 1.54) is 12.8 Å². The van der Waals surface area contributed by atoms with Gasteiger partial charge >= 0.3 is 0 Å². The minimum absolute atomic E-state index is 0.183. The number of guanidine groups is 1. The third kappa shape index (κ3) is 8.05. The summed E-state index contributed by atoms with van der Waals surface area (Å²) in [6.07, 6.45) is 8.83. The molecule has 1 aliphatic heterocycles. The molecule has 1 aromatic heterocycles. The van der Waals surface area contributed by atoms with Crippen LogP contribution in [0.25, 0.3) is 0 Å². The number of hydrogen-bond donors (Lipinski definition) is 1. The summed E-state index contributed by atoms with van der Waals surface area (Å²) in [4.78, 5) is 28.0. The van der Waals surface area contributed by atoms with Gasteiger partial charge in [-0.05, 0) is 38.3 Å². The highest BCUT2D eigenvalue weighted by atomic mass is 16.2. The van der Waals surface area contributed by atoms with Crippen molar-refractivity contribution in [1.29, 1.82) is 0 Å². The first-order chi connectivity index (χ1) is 14.7. The molecule has 1 aromatic rings. The molecule has 1 amide bonds. The fourth-order valence-corrected chi connectivity index (χ4v) is 3.53. The third-order valence-electron chi connectivity index (χ3n) is 5.29. The highest BCUT2D eigenvalue weighted by Crippen LogP contribution is 2.13. The number of nitrogens with zero attached hydrogens (tertiary/aromatic N) is 5. The largest absolute Gasteiger partial charge is 0.357 e. The van der Waals surface area contributed by atoms with Gasteiger partial charge in [0.25, 0.3) is 0 Å². The quantitative estimate of drug-likeness (QED) is 0.261. The van der Waals surface area contributed by atoms with E-state index in [4.69, 9.17) is 0 Å². The van der Waals surface area contributed by atoms with E-state index in [0.717, 1.165) is 63.9 Å². The number of carbonyl (C=O) groups is 1. The van der Waals surface area contributed by atoms with E-state index in [1.54, 1.807) is 0 Å². The fraction of sp³-hybridized carbons (Fsp3) is 0.609. The maximum absolute atomic E-state index is 12.6. The van der Waals surface area contributed by atoms with Crippen LogP contribution < -0.4 is 10.2 Å². The van der Waals surface area contributed by atoms with Crippen molar-refractivity contribution in [3.63, 3.8) is 0 Å². The summed E-state index contributed by atoms with van der Waals surface area (Å²) in [5.41, 5.74) is 0. The van der Waals surface area contributed by atoms with Crippen molar-refractivity contribution in [2.45, 2.75) is 39.0 Å². The summed E-state index contributed by atoms with van der Waals surface area (Å²) < 4.78 is 0. The van der Waals surface area contributed by atoms with Crippen molar-refractivity contribution in [2.24, 2.45) is 4.99 Å². The normalized spacial score (nSPS) is 14.5. The number of anilines is 1. The van der Waals surface area contributed by atoms with Gasteiger partial charge in [-0.15, -0.1) is 6.58 Å². The maximum Gasteiger partial charge on any atom is 0.224 e. The number of aliphatic imine (C=N–C) groups is 1. The highest BCUT2D eigenvalue weighted by Gasteiger charge is 2.21. The van der Waals surface area contributed by atoms with Gasteiger partial charge in [-0.2, -0.15) is 0 Å². The molecule has 2 rings (SSSR count). The first kappa shape index (κ1) is 23.7. The summed E-state index contributed by atoms with van der Waals surface area (Å²) in [5, 5.41) is 3.33. The summed E-state index contributed by atoms with van der Waals surface area (Å²) >= 11 is 0. The Morgan fingerprint density at radius 3 is 2.73 bits per heavy atom. The second-order valence-electron chi connectivity index (χ2n) is 7.60. The van der Waals surface area contributed by atoms with Crippen LogP contribution in [0.3, 0.4) is 0 Å². The smallest absolute Gasteiger partial charge is 0.224 e. The number of unbranched alkanes of at least 4 members (excludes halogenated alkanes) is 3. The van der Waals surface area contributed by atoms with Gasteiger partial charge < -0.3 is 20.0 Å². The summed E-state index contributed by atoms with van der Waals surface area (Å²) in [6, 6.07) is 5.94. The predicted octanol–water partition coefficient (Wildman–Crippen LogP) is 2.76. The molecule has 1 saturated heterocycles. The number of nitrogens with one attached hydrogen (secondary N) is 1. The van der Waals surface area contributed by atoms with Crippen LogP contribution in [-0.4, -0.2) is 79.5 Å². The van der Waals surface area contributed by atoms with Crippen LogP contribution in [0, 0.1) is 0 Å². The van der Waals surface area contributed by atoms with E-state index in [1.807, 2.05) is 35.4 Å². The lowest BCUT2D eigenvalue weighted by atomic mass is 10.2. The molecule has 0 aromatic carbocycles. The Kier molecular flexibility index (Phi) is 10.8. The molecule has 1 N–H and O–H groups in total. The SMILES string of the molecule is C=CCCCCCN(C)C(=NCCC(=O)N1CCN(c2ccccn2)CC1)NCC. The number of carbonyl (C=O) groups excluding carboxylic acids is 1. The van der Waals surface area contributed by atoms with Crippen molar-refractivity contribution >= 4 is 17.7 Å². The van der Waals surface area contributed by atoms with Gasteiger partial charge in [0.1, 0.15) is 5.82 Å². The fourth-order valence-electron chi connectivity index (χ4n) is 3.53. The van der Waals surface area contributed by atoms with Crippen molar-refractivity contribution in [1.82, 2.24) is 20.1 Å². The van der Waals surface area contributed by atoms with E-state index in [9.17, 15) is 4.79 Å². The first-order valence-corrected chi connectivity index (χ1v) is 11.2. The maximum atomic E-state index is 12.6. The third-order valence-corrected chi connectivity index (χ3v) is 5.29. The molecule has 7 heteroatoms. The molecule has 166 valence electrons. The molecule has 0 saturated carbocycles. The van der Waals surface area contributed by atoms with Crippen LogP contribution in [0.1, 0.15) is 39.0 Å². The van der Waals surface area contributed by atoms with Gasteiger partial charge in [-0.25, -0.2) is 4.98 Å². The molecule has 7 nitrogen and oxygen atoms in total. The summed E-state index contributed by atoms with van der Waals surface area (Å²) in [5.74, 6) is 2.05. The lowest BCUT2D eigenvalue weighted by Crippen LogP contribution is -2.49. The average molecular weight is 415 g/mol. The molecular weight excluding hydrogens is 376 g/mol. The molecule has 0 atom stereocenters. The number of pyridine rings is 1. The number of aromatic nitrogens is 1. The second kappa shape index (κ2) is 13.6. The van der Waals surface area contributed by atoms with Crippen molar-refractivity contribution in [2.75, 3.05) is 57.8 Å². The minimum Gasteiger partial charge on any atom is -0.357 e. The average Bonchev–Trinajstić information content (AvgIpc) is 2.79. The van der Waals surface area contributed by atoms with Gasteiger partial charge in [-0.3, -0.25) is 9.79 Å². The van der Waals surface area contributed by atoms with Gasteiger partial charge in [0.15, 0.2) is 5.96 Å². The van der Waals surface area contributed by atoms with Crippen molar-refractivity contribution in [3.05, 3.63) is 37.1 Å². The minimum atomic E-state index is 0.183. The number of amides is 1. The van der Waals surface area contributed by atoms with Crippen molar-refractivity contribution in [3.8, 4) is 0 Å². The van der Waals surface area contributed by atoms with Crippen LogP contribution in [-0.2, 0) is 4.79 Å². The number of piperazine rings is 1. The number of allylic oxidation sites excluding steroid dienone is 1. The zero-order valence-electron chi connectivity index (χ0n) is 18.7. The van der Waals surface area contributed by atoms with E-state index >= 15 is 0 Å². The molecule has 0 spiro atoms. The molecule has 0 radical (unpaired) electrons. The molecular formula is C23H38N6O. The second-order valence-corrected chi connectivity index (χ2v) is 7.60. The van der Waals surface area contributed by atoms with Gasteiger partial charge in [0.05, 0.1) is 6.54 Å². The Bertz CT molecular complexity index is 655. The van der Waals surface area contributed by atoms with E-state index in [2.05, 4.69) is 45.6 Å². The molecule has 30 heavy (non-hydrogen) atoms. The molecule has 0 bridgehead atoms. The lowest BCUT2D eigenvalue weighted by molar-refractivity contribution is -0.131. The molecule has 1 aliphatic rings. The number of hydrogen-bond acceptors (Lipinski definition) is 4. The van der Waals surface area contributed by atoms with E-state index < -0.39 is 0 Å². The van der Waals surface area contributed by atoms with Crippen LogP contribution >= 0.6 is 0 Å². The van der Waals surface area contributed by atoms with Crippen LogP contribution in [0.2, 0.25) is 0 Å². The standard InChI is InChI=1S/C23H38N6O/c1-4-6-7-8-11-16-27(3)23(24-5-2)26-15-13-22(30)29-19-17-28(18-20-29)21-12-9-10-14-25-21/h4,9-10,12,14H,1,5-8,11,13,15-20H2,2-3H3,(H,24,26). The topological polar surface area (TPSA) is 64.1 Å². The first-order valence-electron chi connectivity index (χ1n) is 11.2. The van der Waals surface area contributed by atoms with Crippen LogP contribution in [0.4, 0.5) is 5.82 Å². The van der Waals surface area contributed by atoms with E-state index in [-0.39, 0.29) is 5.91 Å². The molecule has 0 aliphatic carbocycles.